The van der Waals surface area contributed by atoms with E-state index in [4.69, 9.17) is 9.22 Å². The van der Waals surface area contributed by atoms with E-state index in [-0.39, 0.29) is 0 Å². The maximum absolute atomic E-state index is 8.03. The monoisotopic (exact) mass is 108 g/mol. The van der Waals surface area contributed by atoms with Gasteiger partial charge in [0.1, 0.15) is 10.5 Å². The van der Waals surface area contributed by atoms with Crippen LogP contribution in [0.1, 0.15) is 0 Å². The predicted molar refractivity (Wildman–Crippen MR) is 26.7 cm³/mol. The Morgan fingerprint density at radius 2 is 2.60 bits per heavy atom. The first-order valence-electron chi connectivity index (χ1n) is 1.51. The van der Waals surface area contributed by atoms with Gasteiger partial charge in [-0.3, -0.25) is 0 Å². The predicted octanol–water partition coefficient (Wildman–Crippen LogP) is -2.68. The highest BCUT2D eigenvalue weighted by molar-refractivity contribution is 6.33. The lowest BCUT2D eigenvalue weighted by molar-refractivity contribution is 0.352. The first-order valence-corrected chi connectivity index (χ1v) is 3.91. The summed E-state index contributed by atoms with van der Waals surface area (Å²) >= 11 is 0. The normalized spacial score (nSPS) is 11.4. The van der Waals surface area contributed by atoms with Gasteiger partial charge in [0.15, 0.2) is 9.76 Å². The molecule has 0 aromatic rings. The summed E-state index contributed by atoms with van der Waals surface area (Å²) in [5.41, 5.74) is 0. The molecule has 5 heavy (non-hydrogen) atoms. The molecule has 32 valence electrons. The van der Waals surface area contributed by atoms with Crippen molar-refractivity contribution in [1.82, 2.24) is 0 Å². The van der Waals surface area contributed by atoms with Crippen LogP contribution in [0.15, 0.2) is 0 Å². The standard InChI is InChI=1S/CH8O2Si2/c2-1-5-3-4/h2H,1,5H2,4H3. The van der Waals surface area contributed by atoms with E-state index < -0.39 is 9.76 Å². The Morgan fingerprint density at radius 1 is 2.00 bits per heavy atom. The molecule has 0 unspecified atom stereocenters. The molecule has 0 aromatic heterocycles. The van der Waals surface area contributed by atoms with E-state index in [0.717, 1.165) is 10.5 Å². The summed E-state index contributed by atoms with van der Waals surface area (Å²) in [7, 11) is 0.350. The summed E-state index contributed by atoms with van der Waals surface area (Å²) in [6, 6.07) is 0. The van der Waals surface area contributed by atoms with Crippen LogP contribution in [0, 0.1) is 0 Å². The third-order valence-electron chi connectivity index (χ3n) is 0.295. The number of hydrogen-bond acceptors (Lipinski definition) is 2. The van der Waals surface area contributed by atoms with Crippen LogP contribution in [0.5, 0.6) is 0 Å². The Balaban J connectivity index is 2.19. The Hall–Kier alpha value is 0.354. The van der Waals surface area contributed by atoms with Crippen molar-refractivity contribution in [3.05, 3.63) is 0 Å². The molecule has 0 aliphatic rings. The van der Waals surface area contributed by atoms with Crippen molar-refractivity contribution >= 4 is 20.2 Å². The fourth-order valence-corrected chi connectivity index (χ4v) is 0.822. The molecule has 0 saturated carbocycles. The zero-order chi connectivity index (χ0) is 4.12. The number of aliphatic hydroxyl groups is 1. The minimum atomic E-state index is -0.451. The molecule has 2 nitrogen and oxygen atoms in total. The quantitative estimate of drug-likeness (QED) is 0.391. The first kappa shape index (κ1) is 5.35. The second-order valence-electron chi connectivity index (χ2n) is 0.716. The average Bonchev–Trinajstić information content (AvgIpc) is 1.41. The van der Waals surface area contributed by atoms with Crippen LogP contribution < -0.4 is 0 Å². The lowest BCUT2D eigenvalue weighted by atomic mass is 11.7. The van der Waals surface area contributed by atoms with Crippen LogP contribution in [0.3, 0.4) is 0 Å². The number of rotatable bonds is 2. The molecule has 4 heteroatoms. The van der Waals surface area contributed by atoms with Crippen LogP contribution in [0.2, 0.25) is 0 Å². The van der Waals surface area contributed by atoms with Gasteiger partial charge in [-0.1, -0.05) is 0 Å². The first-order chi connectivity index (χ1) is 2.41. The molecule has 0 amide bonds. The van der Waals surface area contributed by atoms with Crippen LogP contribution in [0.25, 0.3) is 0 Å². The minimum absolute atomic E-state index is 0.295. The van der Waals surface area contributed by atoms with Gasteiger partial charge >= 0.3 is 0 Å². The molecule has 0 rings (SSSR count). The summed E-state index contributed by atoms with van der Waals surface area (Å²) in [5.74, 6) is 0. The maximum Gasteiger partial charge on any atom is 0.171 e. The van der Waals surface area contributed by atoms with Gasteiger partial charge in [-0.05, 0) is 0 Å². The fraction of sp³-hybridized carbons (Fsp3) is 1.00. The molecular weight excluding hydrogens is 100 g/mol. The Kier molecular flexibility index (Phi) is 4.66. The third kappa shape index (κ3) is 4.35. The van der Waals surface area contributed by atoms with E-state index in [0.29, 0.717) is 6.23 Å². The van der Waals surface area contributed by atoms with Gasteiger partial charge < -0.3 is 9.22 Å². The van der Waals surface area contributed by atoms with Gasteiger partial charge in [0, 0.05) is 0 Å². The summed E-state index contributed by atoms with van der Waals surface area (Å²) in [4.78, 5) is 0. The van der Waals surface area contributed by atoms with Crippen molar-refractivity contribution < 1.29 is 9.22 Å². The molecule has 0 radical (unpaired) electrons. The SMILES string of the molecule is OC[SiH2]O[SiH3]. The van der Waals surface area contributed by atoms with E-state index >= 15 is 0 Å². The van der Waals surface area contributed by atoms with Gasteiger partial charge in [0.2, 0.25) is 0 Å². The highest BCUT2D eigenvalue weighted by Gasteiger charge is 1.69. The van der Waals surface area contributed by atoms with Gasteiger partial charge in [0.25, 0.3) is 0 Å². The minimum Gasteiger partial charge on any atom is -0.466 e. The number of aliphatic hydroxyl groups excluding tert-OH is 1. The summed E-state index contributed by atoms with van der Waals surface area (Å²) < 4.78 is 4.72. The maximum atomic E-state index is 8.03. The van der Waals surface area contributed by atoms with E-state index in [1.807, 2.05) is 0 Å². The van der Waals surface area contributed by atoms with E-state index in [9.17, 15) is 0 Å². The van der Waals surface area contributed by atoms with Crippen molar-refractivity contribution in [1.29, 1.82) is 0 Å². The molecule has 0 fully saturated rings. The molecule has 0 saturated heterocycles. The molecule has 1 N–H and O–H groups in total. The third-order valence-corrected chi connectivity index (χ3v) is 2.11. The molecule has 0 bridgehead atoms. The molecule has 0 aromatic carbocycles. The van der Waals surface area contributed by atoms with E-state index in [1.54, 1.807) is 0 Å². The lowest BCUT2D eigenvalue weighted by Gasteiger charge is -1.83. The smallest absolute Gasteiger partial charge is 0.171 e. The molecule has 0 spiro atoms. The molecule has 0 aliphatic heterocycles. The van der Waals surface area contributed by atoms with Crippen LogP contribution in [-0.2, 0) is 4.12 Å². The van der Waals surface area contributed by atoms with Crippen molar-refractivity contribution in [3.8, 4) is 0 Å². The van der Waals surface area contributed by atoms with Crippen molar-refractivity contribution in [2.24, 2.45) is 0 Å². The fourth-order valence-electron chi connectivity index (χ4n) is 0.0913. The van der Waals surface area contributed by atoms with Crippen molar-refractivity contribution in [3.63, 3.8) is 0 Å². The zero-order valence-corrected chi connectivity index (χ0v) is 6.68. The lowest BCUT2D eigenvalue weighted by Crippen LogP contribution is -1.99. The average molecular weight is 108 g/mol. The molecule has 0 atom stereocenters. The van der Waals surface area contributed by atoms with Crippen LogP contribution in [0.4, 0.5) is 0 Å². The number of hydrogen-bond donors (Lipinski definition) is 1. The van der Waals surface area contributed by atoms with E-state index in [2.05, 4.69) is 0 Å². The Bertz CT molecular complexity index is 15.1. The summed E-state index contributed by atoms with van der Waals surface area (Å²) in [5, 5.41) is 8.03. The van der Waals surface area contributed by atoms with Gasteiger partial charge in [-0.15, -0.1) is 0 Å². The summed E-state index contributed by atoms with van der Waals surface area (Å²) in [6.07, 6.45) is 0.295. The zero-order valence-electron chi connectivity index (χ0n) is 3.27. The molecule has 0 heterocycles. The van der Waals surface area contributed by atoms with Gasteiger partial charge in [-0.25, -0.2) is 0 Å². The van der Waals surface area contributed by atoms with Crippen LogP contribution in [-0.4, -0.2) is 31.6 Å². The topological polar surface area (TPSA) is 29.5 Å². The largest absolute Gasteiger partial charge is 0.466 e. The Morgan fingerprint density at radius 3 is 2.60 bits per heavy atom. The highest BCUT2D eigenvalue weighted by atomic mass is 28.3. The van der Waals surface area contributed by atoms with Gasteiger partial charge in [-0.2, -0.15) is 0 Å². The Labute approximate surface area is 36.6 Å². The van der Waals surface area contributed by atoms with Crippen molar-refractivity contribution in [2.45, 2.75) is 0 Å². The highest BCUT2D eigenvalue weighted by Crippen LogP contribution is 1.49. The second-order valence-corrected chi connectivity index (χ2v) is 3.88. The molecular formula is CH8O2Si2. The second kappa shape index (κ2) is 4.35. The van der Waals surface area contributed by atoms with E-state index in [1.165, 1.54) is 0 Å². The summed E-state index contributed by atoms with van der Waals surface area (Å²) in [6.45, 7) is 0. The van der Waals surface area contributed by atoms with Crippen LogP contribution >= 0.6 is 0 Å². The van der Waals surface area contributed by atoms with Crippen molar-refractivity contribution in [2.75, 3.05) is 6.23 Å². The molecule has 0 aliphatic carbocycles. The van der Waals surface area contributed by atoms with Gasteiger partial charge in [0.05, 0.1) is 6.23 Å².